The van der Waals surface area contributed by atoms with Crippen LogP contribution in [0, 0.1) is 11.3 Å². The third kappa shape index (κ3) is 3.58. The molecule has 1 aromatic heterocycles. The predicted octanol–water partition coefficient (Wildman–Crippen LogP) is 4.50. The number of anilines is 1. The van der Waals surface area contributed by atoms with Crippen LogP contribution in [0.3, 0.4) is 0 Å². The lowest BCUT2D eigenvalue weighted by Crippen LogP contribution is -2.00. The Balaban J connectivity index is 1.87. The molecule has 0 fully saturated rings. The highest BCUT2D eigenvalue weighted by Gasteiger charge is 2.16. The molecular weight excluding hydrogens is 354 g/mol. The number of methoxy groups -OCH3 is 2. The van der Waals surface area contributed by atoms with E-state index in [1.165, 1.54) is 0 Å². The van der Waals surface area contributed by atoms with Crippen molar-refractivity contribution < 1.29 is 13.9 Å². The summed E-state index contributed by atoms with van der Waals surface area (Å²) in [4.78, 5) is 4.24. The average Bonchev–Trinajstić information content (AvgIpc) is 3.10. The molecule has 3 rings (SSSR count). The van der Waals surface area contributed by atoms with Gasteiger partial charge in [0.1, 0.15) is 6.07 Å². The Hall–Kier alpha value is -3.17. The Labute approximate surface area is 155 Å². The first-order chi connectivity index (χ1) is 12.7. The fourth-order valence-corrected chi connectivity index (χ4v) is 2.63. The molecule has 0 radical (unpaired) electrons. The summed E-state index contributed by atoms with van der Waals surface area (Å²) in [5.41, 5.74) is 1.73. The van der Waals surface area contributed by atoms with Gasteiger partial charge in [-0.2, -0.15) is 10.2 Å². The average molecular weight is 370 g/mol. The van der Waals surface area contributed by atoms with Crippen molar-refractivity contribution in [1.82, 2.24) is 4.98 Å². The number of rotatable bonds is 6. The zero-order valence-electron chi connectivity index (χ0n) is 14.2. The molecule has 6 nitrogen and oxygen atoms in total. The van der Waals surface area contributed by atoms with Crippen molar-refractivity contribution in [2.75, 3.05) is 19.5 Å². The van der Waals surface area contributed by atoms with Crippen LogP contribution < -0.4 is 14.8 Å². The van der Waals surface area contributed by atoms with E-state index in [-0.39, 0.29) is 11.6 Å². The predicted molar refractivity (Wildman–Crippen MR) is 98.5 cm³/mol. The maximum Gasteiger partial charge on any atom is 0.232 e. The zero-order valence-corrected chi connectivity index (χ0v) is 15.0. The van der Waals surface area contributed by atoms with Gasteiger partial charge in [0, 0.05) is 17.1 Å². The molecule has 7 heteroatoms. The van der Waals surface area contributed by atoms with Crippen LogP contribution in [0.2, 0.25) is 5.02 Å². The van der Waals surface area contributed by atoms with Crippen LogP contribution in [0.1, 0.15) is 11.3 Å². The first-order valence-electron chi connectivity index (χ1n) is 7.77. The molecule has 3 aromatic rings. The second kappa shape index (κ2) is 7.81. The van der Waals surface area contributed by atoms with E-state index in [4.69, 9.17) is 25.5 Å². The largest absolute Gasteiger partial charge is 0.493 e. The number of hydrogen-bond donors (Lipinski definition) is 1. The quantitative estimate of drug-likeness (QED) is 0.689. The smallest absolute Gasteiger partial charge is 0.232 e. The highest BCUT2D eigenvalue weighted by atomic mass is 35.5. The van der Waals surface area contributed by atoms with Crippen molar-refractivity contribution in [3.8, 4) is 29.0 Å². The van der Waals surface area contributed by atoms with E-state index in [1.807, 2.05) is 24.3 Å². The molecule has 0 spiro atoms. The number of oxazole rings is 1. The summed E-state index contributed by atoms with van der Waals surface area (Å²) in [6.45, 7) is 0.412. The monoisotopic (exact) mass is 369 g/mol. The minimum atomic E-state index is 0.168. The summed E-state index contributed by atoms with van der Waals surface area (Å²) in [6.07, 6.45) is 0. The van der Waals surface area contributed by atoms with Gasteiger partial charge in [-0.15, -0.1) is 0 Å². The Morgan fingerprint density at radius 2 is 1.92 bits per heavy atom. The number of benzene rings is 2. The molecule has 0 amide bonds. The standard InChI is InChI=1S/C19H16ClN3O3/c1-24-16-8-7-12(9-17(16)25-2)18-23-15(10-21)19(26-18)22-11-13-5-3-4-6-14(13)20/h3-9,22H,11H2,1-2H3. The molecule has 0 bridgehead atoms. The van der Waals surface area contributed by atoms with Crippen LogP contribution in [0.5, 0.6) is 11.5 Å². The Bertz CT molecular complexity index is 963. The summed E-state index contributed by atoms with van der Waals surface area (Å²) >= 11 is 6.15. The van der Waals surface area contributed by atoms with Crippen molar-refractivity contribution >= 4 is 17.5 Å². The maximum atomic E-state index is 9.33. The molecule has 0 saturated heterocycles. The van der Waals surface area contributed by atoms with E-state index in [9.17, 15) is 5.26 Å². The fourth-order valence-electron chi connectivity index (χ4n) is 2.43. The number of nitriles is 1. The number of nitrogens with one attached hydrogen (secondary N) is 1. The summed E-state index contributed by atoms with van der Waals surface area (Å²) in [6, 6.07) is 14.8. The molecule has 26 heavy (non-hydrogen) atoms. The molecule has 2 aromatic carbocycles. The molecular formula is C19H16ClN3O3. The first-order valence-corrected chi connectivity index (χ1v) is 8.14. The van der Waals surface area contributed by atoms with Crippen LogP contribution >= 0.6 is 11.6 Å². The van der Waals surface area contributed by atoms with Crippen LogP contribution in [0.15, 0.2) is 46.9 Å². The minimum absolute atomic E-state index is 0.168. The number of hydrogen-bond acceptors (Lipinski definition) is 6. The van der Waals surface area contributed by atoms with E-state index < -0.39 is 0 Å². The van der Waals surface area contributed by atoms with Gasteiger partial charge in [-0.25, -0.2) is 0 Å². The minimum Gasteiger partial charge on any atom is -0.493 e. The van der Waals surface area contributed by atoms with Gasteiger partial charge in [-0.1, -0.05) is 29.8 Å². The van der Waals surface area contributed by atoms with Crippen LogP contribution in [0.25, 0.3) is 11.5 Å². The molecule has 1 heterocycles. The summed E-state index contributed by atoms with van der Waals surface area (Å²) in [5.74, 6) is 1.74. The molecule has 0 aliphatic carbocycles. The molecule has 0 aliphatic heterocycles. The molecule has 132 valence electrons. The molecule has 1 N–H and O–H groups in total. The number of nitrogens with zero attached hydrogens (tertiary/aromatic N) is 2. The van der Waals surface area contributed by atoms with E-state index in [2.05, 4.69) is 10.3 Å². The Morgan fingerprint density at radius 1 is 1.15 bits per heavy atom. The Kier molecular flexibility index (Phi) is 5.30. The lowest BCUT2D eigenvalue weighted by atomic mass is 10.2. The molecule has 0 unspecified atom stereocenters. The van der Waals surface area contributed by atoms with E-state index in [0.29, 0.717) is 34.5 Å². The van der Waals surface area contributed by atoms with Gasteiger partial charge in [0.15, 0.2) is 11.5 Å². The summed E-state index contributed by atoms with van der Waals surface area (Å²) < 4.78 is 16.3. The SMILES string of the molecule is COc1ccc(-c2nc(C#N)c(NCc3ccccc3Cl)o2)cc1OC. The van der Waals surface area contributed by atoms with Crippen molar-refractivity contribution in [2.45, 2.75) is 6.54 Å². The third-order valence-corrected chi connectivity index (χ3v) is 4.13. The number of ether oxygens (including phenoxy) is 2. The van der Waals surface area contributed by atoms with Gasteiger partial charge < -0.3 is 19.2 Å². The van der Waals surface area contributed by atoms with Crippen molar-refractivity contribution in [1.29, 1.82) is 5.26 Å². The highest BCUT2D eigenvalue weighted by Crippen LogP contribution is 2.33. The van der Waals surface area contributed by atoms with Gasteiger partial charge in [-0.3, -0.25) is 0 Å². The van der Waals surface area contributed by atoms with Gasteiger partial charge in [0.05, 0.1) is 14.2 Å². The lowest BCUT2D eigenvalue weighted by Gasteiger charge is -2.08. The third-order valence-electron chi connectivity index (χ3n) is 3.76. The van der Waals surface area contributed by atoms with Crippen molar-refractivity contribution in [3.63, 3.8) is 0 Å². The lowest BCUT2D eigenvalue weighted by molar-refractivity contribution is 0.355. The van der Waals surface area contributed by atoms with Crippen molar-refractivity contribution in [3.05, 3.63) is 58.7 Å². The second-order valence-electron chi connectivity index (χ2n) is 5.32. The topological polar surface area (TPSA) is 80.3 Å². The summed E-state index contributed by atoms with van der Waals surface area (Å²) in [5, 5.41) is 13.0. The van der Waals surface area contributed by atoms with E-state index in [0.717, 1.165) is 5.56 Å². The fraction of sp³-hybridized carbons (Fsp3) is 0.158. The molecule has 0 atom stereocenters. The van der Waals surface area contributed by atoms with Crippen LogP contribution in [-0.2, 0) is 6.54 Å². The van der Waals surface area contributed by atoms with Gasteiger partial charge >= 0.3 is 0 Å². The number of halogens is 1. The maximum absolute atomic E-state index is 9.33. The Morgan fingerprint density at radius 3 is 2.62 bits per heavy atom. The summed E-state index contributed by atoms with van der Waals surface area (Å²) in [7, 11) is 3.11. The normalized spacial score (nSPS) is 10.2. The molecule has 0 saturated carbocycles. The van der Waals surface area contributed by atoms with Gasteiger partial charge in [0.25, 0.3) is 0 Å². The first kappa shape index (κ1) is 17.6. The second-order valence-corrected chi connectivity index (χ2v) is 5.73. The number of aromatic nitrogens is 1. The van der Waals surface area contributed by atoms with Gasteiger partial charge in [0.2, 0.25) is 17.5 Å². The zero-order chi connectivity index (χ0) is 18.5. The highest BCUT2D eigenvalue weighted by molar-refractivity contribution is 6.31. The van der Waals surface area contributed by atoms with Crippen LogP contribution in [-0.4, -0.2) is 19.2 Å². The molecule has 0 aliphatic rings. The van der Waals surface area contributed by atoms with Crippen LogP contribution in [0.4, 0.5) is 5.88 Å². The van der Waals surface area contributed by atoms with Gasteiger partial charge in [-0.05, 0) is 29.8 Å². The van der Waals surface area contributed by atoms with Crippen molar-refractivity contribution in [2.24, 2.45) is 0 Å². The van der Waals surface area contributed by atoms with E-state index >= 15 is 0 Å². The van der Waals surface area contributed by atoms with E-state index in [1.54, 1.807) is 38.5 Å².